The molecule has 1 fully saturated rings. The van der Waals surface area contributed by atoms with Gasteiger partial charge in [0.25, 0.3) is 11.1 Å². The van der Waals surface area contributed by atoms with Crippen LogP contribution in [0.25, 0.3) is 6.08 Å². The fraction of sp³-hybridized carbons (Fsp3) is 0.286. The number of hydrogen-bond donors (Lipinski definition) is 1. The van der Waals surface area contributed by atoms with Gasteiger partial charge in [-0.05, 0) is 80.5 Å². The second kappa shape index (κ2) is 7.80. The van der Waals surface area contributed by atoms with Gasteiger partial charge < -0.3 is 9.84 Å². The number of ether oxygens (including phenoxy) is 1. The molecule has 0 aromatic heterocycles. The van der Waals surface area contributed by atoms with Crippen LogP contribution in [0, 0.1) is 3.57 Å². The van der Waals surface area contributed by atoms with Crippen molar-refractivity contribution in [3.8, 4) is 5.75 Å². The molecule has 1 aromatic carbocycles. The Balaban J connectivity index is 2.19. The van der Waals surface area contributed by atoms with Crippen LogP contribution in [-0.4, -0.2) is 41.4 Å². The Morgan fingerprint density at radius 2 is 2.18 bits per heavy atom. The number of phenolic OH excluding ortho intramolecular Hbond substituents is 1. The number of nitrogens with zero attached hydrogens (tertiary/aromatic N) is 1. The molecule has 118 valence electrons. The maximum absolute atomic E-state index is 12.3. The predicted octanol–water partition coefficient (Wildman–Crippen LogP) is 3.83. The highest BCUT2D eigenvalue weighted by Crippen LogP contribution is 2.35. The summed E-state index contributed by atoms with van der Waals surface area (Å²) in [5.74, 6) is -0.129. The molecule has 0 radical (unpaired) electrons. The van der Waals surface area contributed by atoms with Crippen LogP contribution in [0.15, 0.2) is 21.5 Å². The van der Waals surface area contributed by atoms with E-state index in [1.807, 2.05) is 22.6 Å². The number of methoxy groups -OCH3 is 1. The second-order valence-corrected chi connectivity index (χ2v) is 7.52. The van der Waals surface area contributed by atoms with Gasteiger partial charge >= 0.3 is 0 Å². The van der Waals surface area contributed by atoms with Gasteiger partial charge in [-0.2, -0.15) is 0 Å². The van der Waals surface area contributed by atoms with Gasteiger partial charge in [-0.3, -0.25) is 14.5 Å². The number of halogens is 2. The molecule has 1 saturated heterocycles. The molecule has 2 amide bonds. The van der Waals surface area contributed by atoms with Crippen LogP contribution in [-0.2, 0) is 9.53 Å². The van der Waals surface area contributed by atoms with E-state index < -0.39 is 0 Å². The van der Waals surface area contributed by atoms with Crippen LogP contribution in [0.5, 0.6) is 5.75 Å². The maximum Gasteiger partial charge on any atom is 0.293 e. The molecular formula is C14H13BrINO4S. The van der Waals surface area contributed by atoms with Crippen molar-refractivity contribution in [1.82, 2.24) is 4.90 Å². The van der Waals surface area contributed by atoms with E-state index in [9.17, 15) is 14.7 Å². The van der Waals surface area contributed by atoms with Crippen LogP contribution in [0.2, 0.25) is 0 Å². The van der Waals surface area contributed by atoms with Gasteiger partial charge in [0.05, 0.1) is 12.9 Å². The normalized spacial score (nSPS) is 16.9. The minimum Gasteiger partial charge on any atom is -0.506 e. The molecule has 2 rings (SSSR count). The third kappa shape index (κ3) is 4.03. The SMILES string of the molecule is COCCCN1C(=O)S/C(=C/c2cc(Br)c(O)c(I)c2)C1=O. The van der Waals surface area contributed by atoms with Gasteiger partial charge in [-0.1, -0.05) is 0 Å². The van der Waals surface area contributed by atoms with E-state index in [-0.39, 0.29) is 16.9 Å². The van der Waals surface area contributed by atoms with E-state index in [1.165, 1.54) is 4.90 Å². The molecule has 8 heteroatoms. The number of amides is 2. The van der Waals surface area contributed by atoms with Crippen molar-refractivity contribution in [2.45, 2.75) is 6.42 Å². The average Bonchev–Trinajstić information content (AvgIpc) is 2.72. The molecule has 1 N–H and O–H groups in total. The van der Waals surface area contributed by atoms with Gasteiger partial charge in [-0.15, -0.1) is 0 Å². The Labute approximate surface area is 154 Å². The van der Waals surface area contributed by atoms with Crippen molar-refractivity contribution in [2.75, 3.05) is 20.3 Å². The van der Waals surface area contributed by atoms with Gasteiger partial charge in [0.2, 0.25) is 0 Å². The highest BCUT2D eigenvalue weighted by atomic mass is 127. The van der Waals surface area contributed by atoms with Crippen molar-refractivity contribution in [1.29, 1.82) is 0 Å². The van der Waals surface area contributed by atoms with Crippen molar-refractivity contribution in [3.63, 3.8) is 0 Å². The number of rotatable bonds is 5. The lowest BCUT2D eigenvalue weighted by Gasteiger charge is -2.11. The Bertz CT molecular complexity index is 627. The fourth-order valence-corrected chi connectivity index (χ4v) is 4.24. The van der Waals surface area contributed by atoms with E-state index in [0.29, 0.717) is 32.5 Å². The molecule has 22 heavy (non-hydrogen) atoms. The van der Waals surface area contributed by atoms with Crippen LogP contribution in [0.3, 0.4) is 0 Å². The number of phenols is 1. The highest BCUT2D eigenvalue weighted by Gasteiger charge is 2.34. The number of carbonyl (C=O) groups is 2. The number of aromatic hydroxyl groups is 1. The number of benzene rings is 1. The first kappa shape index (κ1) is 17.8. The largest absolute Gasteiger partial charge is 0.506 e. The first-order valence-corrected chi connectivity index (χ1v) is 9.05. The molecule has 0 saturated carbocycles. The minimum atomic E-state index is -0.287. The summed E-state index contributed by atoms with van der Waals surface area (Å²) in [7, 11) is 1.58. The zero-order valence-corrected chi connectivity index (χ0v) is 16.2. The van der Waals surface area contributed by atoms with Crippen molar-refractivity contribution in [2.24, 2.45) is 0 Å². The summed E-state index contributed by atoms with van der Waals surface area (Å²) in [5, 5.41) is 9.46. The molecule has 1 aliphatic rings. The van der Waals surface area contributed by atoms with Crippen LogP contribution in [0.1, 0.15) is 12.0 Å². The number of carbonyl (C=O) groups excluding carboxylic acids is 2. The van der Waals surface area contributed by atoms with E-state index >= 15 is 0 Å². The minimum absolute atomic E-state index is 0.158. The van der Waals surface area contributed by atoms with E-state index in [4.69, 9.17) is 4.74 Å². The third-order valence-corrected chi connectivity index (χ3v) is 5.27. The van der Waals surface area contributed by atoms with E-state index in [1.54, 1.807) is 25.3 Å². The Morgan fingerprint density at radius 3 is 2.82 bits per heavy atom. The molecular weight excluding hydrogens is 485 g/mol. The van der Waals surface area contributed by atoms with Gasteiger partial charge in [0, 0.05) is 20.3 Å². The first-order valence-electron chi connectivity index (χ1n) is 6.36. The Kier molecular flexibility index (Phi) is 6.30. The van der Waals surface area contributed by atoms with Crippen molar-refractivity contribution in [3.05, 3.63) is 30.6 Å². The van der Waals surface area contributed by atoms with Crippen molar-refractivity contribution < 1.29 is 19.4 Å². The lowest BCUT2D eigenvalue weighted by atomic mass is 10.2. The zero-order chi connectivity index (χ0) is 16.3. The summed E-state index contributed by atoms with van der Waals surface area (Å²) in [6.07, 6.45) is 2.28. The molecule has 0 atom stereocenters. The average molecular weight is 498 g/mol. The van der Waals surface area contributed by atoms with Crippen LogP contribution in [0.4, 0.5) is 4.79 Å². The lowest BCUT2D eigenvalue weighted by molar-refractivity contribution is -0.122. The van der Waals surface area contributed by atoms with Crippen LogP contribution < -0.4 is 0 Å². The zero-order valence-electron chi connectivity index (χ0n) is 11.6. The van der Waals surface area contributed by atoms with Crippen molar-refractivity contribution >= 4 is 67.5 Å². The smallest absolute Gasteiger partial charge is 0.293 e. The van der Waals surface area contributed by atoms with Gasteiger partial charge in [0.15, 0.2) is 0 Å². The summed E-state index contributed by atoms with van der Waals surface area (Å²) in [6, 6.07) is 3.45. The first-order chi connectivity index (χ1) is 10.4. The Hall–Kier alpha value is -0.580. The molecule has 1 aliphatic heterocycles. The van der Waals surface area contributed by atoms with Gasteiger partial charge in [-0.25, -0.2) is 0 Å². The monoisotopic (exact) mass is 497 g/mol. The standard InChI is InChI=1S/C14H13BrINO4S/c1-21-4-2-3-17-13(19)11(22-14(17)20)7-8-5-9(15)12(18)10(16)6-8/h5-7,18H,2-4H2,1H3/b11-7+. The second-order valence-electron chi connectivity index (χ2n) is 4.51. The maximum atomic E-state index is 12.3. The van der Waals surface area contributed by atoms with Crippen LogP contribution >= 0.6 is 50.3 Å². The summed E-state index contributed by atoms with van der Waals surface area (Å²) < 4.78 is 6.14. The summed E-state index contributed by atoms with van der Waals surface area (Å²) in [4.78, 5) is 25.8. The van der Waals surface area contributed by atoms with E-state index in [2.05, 4.69) is 15.9 Å². The fourth-order valence-electron chi connectivity index (χ4n) is 1.88. The molecule has 0 aliphatic carbocycles. The quantitative estimate of drug-likeness (QED) is 0.380. The lowest BCUT2D eigenvalue weighted by Crippen LogP contribution is -2.29. The van der Waals surface area contributed by atoms with E-state index in [0.717, 1.165) is 17.3 Å². The molecule has 1 aromatic rings. The number of imide groups is 1. The molecule has 0 bridgehead atoms. The summed E-state index contributed by atoms with van der Waals surface area (Å²) in [5.41, 5.74) is 0.747. The summed E-state index contributed by atoms with van der Waals surface area (Å²) >= 11 is 6.19. The molecule has 0 unspecified atom stereocenters. The third-order valence-electron chi connectivity index (χ3n) is 2.94. The predicted molar refractivity (Wildman–Crippen MR) is 97.7 cm³/mol. The summed E-state index contributed by atoms with van der Waals surface area (Å²) in [6.45, 7) is 0.858. The Morgan fingerprint density at radius 1 is 1.45 bits per heavy atom. The van der Waals surface area contributed by atoms with Gasteiger partial charge in [0.1, 0.15) is 5.75 Å². The molecule has 1 heterocycles. The topological polar surface area (TPSA) is 66.8 Å². The molecule has 0 spiro atoms. The molecule has 5 nitrogen and oxygen atoms in total. The number of thioether (sulfide) groups is 1. The highest BCUT2D eigenvalue weighted by molar-refractivity contribution is 14.1. The number of hydrogen-bond acceptors (Lipinski definition) is 5.